The summed E-state index contributed by atoms with van der Waals surface area (Å²) in [6.07, 6.45) is 7.61. The monoisotopic (exact) mass is 569 g/mol. The van der Waals surface area contributed by atoms with Crippen molar-refractivity contribution in [2.45, 2.75) is 88.9 Å². The minimum atomic E-state index is -0.966. The number of amides is 3. The van der Waals surface area contributed by atoms with E-state index < -0.39 is 35.5 Å². The highest BCUT2D eigenvalue weighted by Crippen LogP contribution is 2.31. The topological polar surface area (TPSA) is 135 Å². The molecule has 3 N–H and O–H groups in total. The van der Waals surface area contributed by atoms with E-state index in [1.807, 2.05) is 12.1 Å². The van der Waals surface area contributed by atoms with Crippen molar-refractivity contribution in [1.29, 1.82) is 0 Å². The van der Waals surface area contributed by atoms with Crippen molar-refractivity contribution in [1.82, 2.24) is 16.0 Å². The Morgan fingerprint density at radius 3 is 2.29 bits per heavy atom. The van der Waals surface area contributed by atoms with Gasteiger partial charge in [0.2, 0.25) is 17.7 Å². The number of hydrogen-bond acceptors (Lipinski definition) is 7. The first kappa shape index (κ1) is 30.7. The van der Waals surface area contributed by atoms with Crippen molar-refractivity contribution in [2.24, 2.45) is 5.92 Å². The molecular formula is C31H43N3O7. The third kappa shape index (κ3) is 8.87. The molecule has 4 atom stereocenters. The van der Waals surface area contributed by atoms with E-state index in [0.717, 1.165) is 43.2 Å². The second-order valence-electron chi connectivity index (χ2n) is 11.6. The number of allylic oxidation sites excluding steroid dienone is 1. The van der Waals surface area contributed by atoms with E-state index >= 15 is 0 Å². The van der Waals surface area contributed by atoms with Crippen molar-refractivity contribution >= 4 is 23.5 Å². The first-order chi connectivity index (χ1) is 19.7. The molecule has 0 spiro atoms. The van der Waals surface area contributed by atoms with Gasteiger partial charge in [0.25, 0.3) is 0 Å². The Hall–Kier alpha value is -3.24. The quantitative estimate of drug-likeness (QED) is 0.231. The third-order valence-electron chi connectivity index (χ3n) is 8.15. The molecule has 4 unspecified atom stereocenters. The summed E-state index contributed by atoms with van der Waals surface area (Å²) in [6, 6.07) is 4.67. The van der Waals surface area contributed by atoms with Crippen LogP contribution >= 0.6 is 0 Å². The van der Waals surface area contributed by atoms with Crippen LogP contribution in [0.3, 0.4) is 0 Å². The Labute approximate surface area is 241 Å². The Balaban J connectivity index is 1.44. The molecule has 3 amide bonds. The standard InChI is InChI=1S/C31H43N3O7/c1-20(32-27(35)18-23-12-14-40-15-13-23)29(37)34-26(17-22-8-10-24(39-3)11-9-22)30(38)33-25(16-21-6-4-5-7-21)28(36)31(2)19-41-31/h6,8-11,20,23,25-26H,4-5,7,12-19H2,1-3H3,(H,32,35)(H,33,38)(H,34,37). The Kier molecular flexibility index (Phi) is 10.6. The van der Waals surface area contributed by atoms with Crippen LogP contribution in [0.15, 0.2) is 35.9 Å². The number of ether oxygens (including phenoxy) is 3. The van der Waals surface area contributed by atoms with Crippen molar-refractivity contribution in [3.05, 3.63) is 41.5 Å². The molecule has 10 nitrogen and oxygen atoms in total. The first-order valence-corrected chi connectivity index (χ1v) is 14.6. The Bertz CT molecular complexity index is 1120. The van der Waals surface area contributed by atoms with Gasteiger partial charge in [0.1, 0.15) is 23.4 Å². The lowest BCUT2D eigenvalue weighted by Crippen LogP contribution is -2.56. The molecule has 10 heteroatoms. The number of epoxide rings is 1. The fourth-order valence-electron chi connectivity index (χ4n) is 5.37. The summed E-state index contributed by atoms with van der Waals surface area (Å²) in [4.78, 5) is 52.8. The first-order valence-electron chi connectivity index (χ1n) is 14.6. The van der Waals surface area contributed by atoms with E-state index in [1.165, 1.54) is 0 Å². The van der Waals surface area contributed by atoms with E-state index in [0.29, 0.717) is 38.4 Å². The maximum absolute atomic E-state index is 13.7. The average Bonchev–Trinajstić information content (AvgIpc) is 3.51. The molecule has 41 heavy (non-hydrogen) atoms. The number of carbonyl (C=O) groups is 4. The van der Waals surface area contributed by atoms with Gasteiger partial charge in [0.05, 0.1) is 19.8 Å². The fraction of sp³-hybridized carbons (Fsp3) is 0.613. The van der Waals surface area contributed by atoms with Crippen LogP contribution < -0.4 is 20.7 Å². The van der Waals surface area contributed by atoms with Gasteiger partial charge in [-0.2, -0.15) is 0 Å². The molecule has 224 valence electrons. The lowest BCUT2D eigenvalue weighted by Gasteiger charge is -2.26. The largest absolute Gasteiger partial charge is 0.497 e. The van der Waals surface area contributed by atoms with Gasteiger partial charge in [-0.3, -0.25) is 19.2 Å². The minimum Gasteiger partial charge on any atom is -0.497 e. The van der Waals surface area contributed by atoms with Gasteiger partial charge in [0.15, 0.2) is 5.78 Å². The molecule has 1 aromatic carbocycles. The number of ketones is 1. The van der Waals surface area contributed by atoms with Crippen molar-refractivity contribution in [3.8, 4) is 5.75 Å². The number of methoxy groups -OCH3 is 1. The van der Waals surface area contributed by atoms with Crippen molar-refractivity contribution in [3.63, 3.8) is 0 Å². The number of benzene rings is 1. The molecule has 1 aromatic rings. The van der Waals surface area contributed by atoms with Crippen LogP contribution in [0, 0.1) is 5.92 Å². The lowest BCUT2D eigenvalue weighted by atomic mass is 9.94. The highest BCUT2D eigenvalue weighted by Gasteiger charge is 2.50. The number of rotatable bonds is 14. The summed E-state index contributed by atoms with van der Waals surface area (Å²) < 4.78 is 16.0. The highest BCUT2D eigenvalue weighted by atomic mass is 16.6. The van der Waals surface area contributed by atoms with E-state index in [-0.39, 0.29) is 24.0 Å². The molecule has 2 fully saturated rings. The number of Topliss-reactive ketones (excluding diaryl/α,β-unsaturated/α-hetero) is 1. The zero-order chi connectivity index (χ0) is 29.4. The molecular weight excluding hydrogens is 526 g/mol. The summed E-state index contributed by atoms with van der Waals surface area (Å²) in [5.41, 5.74) is 1.06. The molecule has 3 aliphatic rings. The smallest absolute Gasteiger partial charge is 0.243 e. The van der Waals surface area contributed by atoms with E-state index in [1.54, 1.807) is 33.1 Å². The lowest BCUT2D eigenvalue weighted by molar-refractivity contribution is -0.134. The zero-order valence-electron chi connectivity index (χ0n) is 24.3. The van der Waals surface area contributed by atoms with Crippen LogP contribution in [0.2, 0.25) is 0 Å². The number of nitrogens with one attached hydrogen (secondary N) is 3. The van der Waals surface area contributed by atoms with E-state index in [4.69, 9.17) is 14.2 Å². The van der Waals surface area contributed by atoms with Gasteiger partial charge in [-0.1, -0.05) is 23.8 Å². The molecule has 4 rings (SSSR count). The second kappa shape index (κ2) is 14.1. The Morgan fingerprint density at radius 1 is 1.00 bits per heavy atom. The Morgan fingerprint density at radius 2 is 1.68 bits per heavy atom. The van der Waals surface area contributed by atoms with Crippen LogP contribution in [0.4, 0.5) is 0 Å². The predicted molar refractivity (Wildman–Crippen MR) is 152 cm³/mol. The maximum Gasteiger partial charge on any atom is 0.243 e. The SMILES string of the molecule is COc1ccc(CC(NC(=O)C(C)NC(=O)CC2CCOCC2)C(=O)NC(CC2=CCCC2)C(=O)C2(C)CO2)cc1. The van der Waals surface area contributed by atoms with Crippen LogP contribution in [0.5, 0.6) is 5.75 Å². The molecule has 0 bridgehead atoms. The van der Waals surface area contributed by atoms with Crippen molar-refractivity contribution in [2.75, 3.05) is 26.9 Å². The second-order valence-corrected chi connectivity index (χ2v) is 11.6. The highest BCUT2D eigenvalue weighted by molar-refractivity contribution is 5.98. The van der Waals surface area contributed by atoms with Gasteiger partial charge in [-0.05, 0) is 76.0 Å². The molecule has 0 saturated carbocycles. The molecule has 0 aromatic heterocycles. The molecule has 2 aliphatic heterocycles. The summed E-state index contributed by atoms with van der Waals surface area (Å²) >= 11 is 0. The van der Waals surface area contributed by atoms with Gasteiger partial charge in [0, 0.05) is 26.1 Å². The normalized spacial score (nSPS) is 22.6. The molecule has 2 heterocycles. The van der Waals surface area contributed by atoms with E-state index in [2.05, 4.69) is 22.0 Å². The summed E-state index contributed by atoms with van der Waals surface area (Å²) in [6.45, 7) is 4.95. The maximum atomic E-state index is 13.7. The van der Waals surface area contributed by atoms with Gasteiger partial charge in [-0.25, -0.2) is 0 Å². The van der Waals surface area contributed by atoms with Gasteiger partial charge < -0.3 is 30.2 Å². The predicted octanol–water partition coefficient (Wildman–Crippen LogP) is 2.39. The zero-order valence-corrected chi connectivity index (χ0v) is 24.3. The van der Waals surface area contributed by atoms with Crippen LogP contribution in [-0.4, -0.2) is 74.2 Å². The molecule has 0 radical (unpaired) electrons. The molecule has 2 saturated heterocycles. The van der Waals surface area contributed by atoms with Crippen LogP contribution in [0.25, 0.3) is 0 Å². The van der Waals surface area contributed by atoms with Crippen LogP contribution in [-0.2, 0) is 35.1 Å². The third-order valence-corrected chi connectivity index (χ3v) is 8.15. The summed E-state index contributed by atoms with van der Waals surface area (Å²) in [7, 11) is 1.57. The summed E-state index contributed by atoms with van der Waals surface area (Å²) in [5, 5.41) is 8.51. The molecule has 1 aliphatic carbocycles. The number of carbonyl (C=O) groups excluding carboxylic acids is 4. The fourth-order valence-corrected chi connectivity index (χ4v) is 5.37. The van der Waals surface area contributed by atoms with Gasteiger partial charge in [-0.15, -0.1) is 0 Å². The van der Waals surface area contributed by atoms with E-state index in [9.17, 15) is 19.2 Å². The number of hydrogen-bond donors (Lipinski definition) is 3. The van der Waals surface area contributed by atoms with Gasteiger partial charge >= 0.3 is 0 Å². The van der Waals surface area contributed by atoms with Crippen LogP contribution in [0.1, 0.15) is 64.4 Å². The minimum absolute atomic E-state index is 0.165. The average molecular weight is 570 g/mol. The summed E-state index contributed by atoms with van der Waals surface area (Å²) in [5.74, 6) is -0.401. The van der Waals surface area contributed by atoms with Crippen molar-refractivity contribution < 1.29 is 33.4 Å².